The molecule has 5 rings (SSSR count). The second-order valence-corrected chi connectivity index (χ2v) is 7.91. The summed E-state index contributed by atoms with van der Waals surface area (Å²) in [5.41, 5.74) is 3.82. The Labute approximate surface area is 188 Å². The molecule has 0 radical (unpaired) electrons. The molecule has 0 aliphatic rings. The van der Waals surface area contributed by atoms with Gasteiger partial charge in [-0.2, -0.15) is 5.10 Å². The number of hydrogen-bond donors (Lipinski definition) is 1. The smallest absolute Gasteiger partial charge is 0.155 e. The highest BCUT2D eigenvalue weighted by Crippen LogP contribution is 2.29. The fraction of sp³-hybridized carbons (Fsp3) is 0.130. The summed E-state index contributed by atoms with van der Waals surface area (Å²) in [5, 5.41) is 12.5. The van der Waals surface area contributed by atoms with E-state index < -0.39 is 0 Å². The lowest BCUT2D eigenvalue weighted by Crippen LogP contribution is -2.10. The van der Waals surface area contributed by atoms with Gasteiger partial charge in [0, 0.05) is 34.1 Å². The summed E-state index contributed by atoms with van der Waals surface area (Å²) >= 11 is 5.89. The Balaban J connectivity index is 1.57. The highest BCUT2D eigenvalue weighted by molar-refractivity contribution is 6.30. The molecule has 0 saturated carbocycles. The summed E-state index contributed by atoms with van der Waals surface area (Å²) in [6, 6.07) is 15.9. The standard InChI is InChI=1S/C23H19ClFN7/c1-14-4-3-5-22(28-14)32-20(16-8-9-31-23(10-16)26-13-27-31)12-21(30-32)29-15(2)18-7-6-17(24)11-19(18)25/h3-13,15H,1-2H3,(H,29,30). The molecular weight excluding hydrogens is 429 g/mol. The van der Waals surface area contributed by atoms with Gasteiger partial charge in [0.25, 0.3) is 0 Å². The quantitative estimate of drug-likeness (QED) is 0.398. The van der Waals surface area contributed by atoms with Gasteiger partial charge in [-0.25, -0.2) is 23.6 Å². The number of anilines is 1. The van der Waals surface area contributed by atoms with Gasteiger partial charge in [0.05, 0.1) is 11.7 Å². The highest BCUT2D eigenvalue weighted by Gasteiger charge is 2.17. The number of hydrogen-bond acceptors (Lipinski definition) is 5. The van der Waals surface area contributed by atoms with Crippen LogP contribution in [0.25, 0.3) is 22.7 Å². The molecular formula is C23H19ClFN7. The van der Waals surface area contributed by atoms with Crippen molar-refractivity contribution in [3.63, 3.8) is 0 Å². The van der Waals surface area contributed by atoms with E-state index in [9.17, 15) is 4.39 Å². The van der Waals surface area contributed by atoms with Crippen LogP contribution in [0.3, 0.4) is 0 Å². The minimum atomic E-state index is -0.366. The lowest BCUT2D eigenvalue weighted by molar-refractivity contribution is 0.600. The maximum atomic E-state index is 14.4. The summed E-state index contributed by atoms with van der Waals surface area (Å²) in [5.74, 6) is 0.904. The Bertz CT molecular complexity index is 1430. The van der Waals surface area contributed by atoms with E-state index in [4.69, 9.17) is 16.7 Å². The number of fused-ring (bicyclic) bond motifs is 1. The van der Waals surface area contributed by atoms with Crippen molar-refractivity contribution in [1.82, 2.24) is 29.4 Å². The molecule has 1 atom stereocenters. The maximum Gasteiger partial charge on any atom is 0.155 e. The van der Waals surface area contributed by atoms with Gasteiger partial charge < -0.3 is 5.32 Å². The molecule has 1 N–H and O–H groups in total. The van der Waals surface area contributed by atoms with E-state index in [1.54, 1.807) is 21.3 Å². The first kappa shape index (κ1) is 20.1. The van der Waals surface area contributed by atoms with Crippen molar-refractivity contribution < 1.29 is 4.39 Å². The van der Waals surface area contributed by atoms with E-state index in [1.165, 1.54) is 12.4 Å². The molecule has 0 amide bonds. The van der Waals surface area contributed by atoms with E-state index in [0.29, 0.717) is 22.2 Å². The molecule has 1 unspecified atom stereocenters. The minimum Gasteiger partial charge on any atom is -0.362 e. The second-order valence-electron chi connectivity index (χ2n) is 7.47. The third-order valence-corrected chi connectivity index (χ3v) is 5.40. The summed E-state index contributed by atoms with van der Waals surface area (Å²) in [6.07, 6.45) is 3.35. The minimum absolute atomic E-state index is 0.326. The van der Waals surface area contributed by atoms with E-state index in [2.05, 4.69) is 20.4 Å². The number of pyridine rings is 2. The molecule has 0 bridgehead atoms. The van der Waals surface area contributed by atoms with E-state index in [-0.39, 0.29) is 11.9 Å². The third-order valence-electron chi connectivity index (χ3n) is 5.17. The fourth-order valence-corrected chi connectivity index (χ4v) is 3.76. The van der Waals surface area contributed by atoms with Crippen molar-refractivity contribution in [3.8, 4) is 17.1 Å². The molecule has 0 fully saturated rings. The number of rotatable bonds is 5. The van der Waals surface area contributed by atoms with Crippen molar-refractivity contribution in [2.75, 3.05) is 5.32 Å². The topological polar surface area (TPSA) is 72.9 Å². The Kier molecular flexibility index (Phi) is 5.07. The fourth-order valence-electron chi connectivity index (χ4n) is 3.61. The number of benzene rings is 1. The van der Waals surface area contributed by atoms with Crippen LogP contribution in [-0.4, -0.2) is 29.4 Å². The van der Waals surface area contributed by atoms with Crippen LogP contribution in [0.1, 0.15) is 24.2 Å². The Morgan fingerprint density at radius 1 is 1.09 bits per heavy atom. The average Bonchev–Trinajstić information content (AvgIpc) is 3.40. The van der Waals surface area contributed by atoms with Crippen molar-refractivity contribution in [1.29, 1.82) is 0 Å². The number of nitrogens with one attached hydrogen (secondary N) is 1. The van der Waals surface area contributed by atoms with Gasteiger partial charge in [-0.3, -0.25) is 0 Å². The highest BCUT2D eigenvalue weighted by atomic mass is 35.5. The van der Waals surface area contributed by atoms with Gasteiger partial charge >= 0.3 is 0 Å². The van der Waals surface area contributed by atoms with Crippen molar-refractivity contribution in [2.45, 2.75) is 19.9 Å². The van der Waals surface area contributed by atoms with Crippen molar-refractivity contribution in [3.05, 3.63) is 89.2 Å². The molecule has 9 heteroatoms. The maximum absolute atomic E-state index is 14.4. The summed E-state index contributed by atoms with van der Waals surface area (Å²) in [6.45, 7) is 3.80. The average molecular weight is 448 g/mol. The molecule has 4 heterocycles. The van der Waals surface area contributed by atoms with Crippen LogP contribution in [0.15, 0.2) is 67.1 Å². The Hall–Kier alpha value is -3.78. The summed E-state index contributed by atoms with van der Waals surface area (Å²) in [7, 11) is 0. The molecule has 0 aliphatic carbocycles. The van der Waals surface area contributed by atoms with Gasteiger partial charge in [0.15, 0.2) is 11.5 Å². The number of nitrogens with zero attached hydrogens (tertiary/aromatic N) is 6. The first-order valence-electron chi connectivity index (χ1n) is 10.0. The Morgan fingerprint density at radius 3 is 2.78 bits per heavy atom. The SMILES string of the molecule is Cc1cccc(-n2nc(NC(C)c3ccc(Cl)cc3F)cc2-c2ccn3ncnc3c2)n1. The zero-order chi connectivity index (χ0) is 22.2. The normalized spacial score (nSPS) is 12.2. The molecule has 160 valence electrons. The predicted octanol–water partition coefficient (Wildman–Crippen LogP) is 5.25. The van der Waals surface area contributed by atoms with Crippen molar-refractivity contribution in [2.24, 2.45) is 0 Å². The third kappa shape index (κ3) is 3.80. The van der Waals surface area contributed by atoms with Crippen LogP contribution < -0.4 is 5.32 Å². The number of aromatic nitrogens is 6. The number of halogens is 2. The molecule has 0 saturated heterocycles. The van der Waals surface area contributed by atoms with Crippen molar-refractivity contribution >= 4 is 23.1 Å². The molecule has 32 heavy (non-hydrogen) atoms. The first-order chi connectivity index (χ1) is 15.5. The molecule has 5 aromatic rings. The Morgan fingerprint density at radius 2 is 1.97 bits per heavy atom. The summed E-state index contributed by atoms with van der Waals surface area (Å²) < 4.78 is 17.9. The number of aryl methyl sites for hydroxylation is 1. The van der Waals surface area contributed by atoms with Crippen LogP contribution >= 0.6 is 11.6 Å². The van der Waals surface area contributed by atoms with Crippen LogP contribution in [-0.2, 0) is 0 Å². The largest absolute Gasteiger partial charge is 0.362 e. The monoisotopic (exact) mass is 447 g/mol. The van der Waals surface area contributed by atoms with Gasteiger partial charge in [-0.15, -0.1) is 5.10 Å². The zero-order valence-corrected chi connectivity index (χ0v) is 18.1. The van der Waals surface area contributed by atoms with Gasteiger partial charge in [0.2, 0.25) is 0 Å². The van der Waals surface area contributed by atoms with Gasteiger partial charge in [-0.1, -0.05) is 23.7 Å². The van der Waals surface area contributed by atoms with E-state index in [0.717, 1.165) is 22.6 Å². The van der Waals surface area contributed by atoms with Crippen LogP contribution in [0.4, 0.5) is 10.2 Å². The molecule has 0 spiro atoms. The first-order valence-corrected chi connectivity index (χ1v) is 10.4. The molecule has 1 aromatic carbocycles. The lowest BCUT2D eigenvalue weighted by Gasteiger charge is -2.14. The van der Waals surface area contributed by atoms with Gasteiger partial charge in [-0.05, 0) is 50.2 Å². The lowest BCUT2D eigenvalue weighted by atomic mass is 10.1. The molecule has 4 aromatic heterocycles. The molecule has 7 nitrogen and oxygen atoms in total. The van der Waals surface area contributed by atoms with Crippen LogP contribution in [0.5, 0.6) is 0 Å². The molecule has 0 aliphatic heterocycles. The van der Waals surface area contributed by atoms with E-state index >= 15 is 0 Å². The zero-order valence-electron chi connectivity index (χ0n) is 17.4. The van der Waals surface area contributed by atoms with Crippen LogP contribution in [0, 0.1) is 12.7 Å². The second kappa shape index (κ2) is 8.05. The summed E-state index contributed by atoms with van der Waals surface area (Å²) in [4.78, 5) is 8.89. The van der Waals surface area contributed by atoms with E-state index in [1.807, 2.05) is 56.4 Å². The van der Waals surface area contributed by atoms with Gasteiger partial charge in [0.1, 0.15) is 18.0 Å². The predicted molar refractivity (Wildman–Crippen MR) is 122 cm³/mol. The van der Waals surface area contributed by atoms with Crippen LogP contribution in [0.2, 0.25) is 5.02 Å².